The van der Waals surface area contributed by atoms with Gasteiger partial charge in [0.1, 0.15) is 0 Å². The zero-order valence-corrected chi connectivity index (χ0v) is 11.7. The van der Waals surface area contributed by atoms with Crippen LogP contribution in [0.2, 0.25) is 0 Å². The maximum atomic E-state index is 11.9. The van der Waals surface area contributed by atoms with Crippen LogP contribution in [0.5, 0.6) is 0 Å². The van der Waals surface area contributed by atoms with E-state index in [9.17, 15) is 9.00 Å². The number of hydrogen-bond acceptors (Lipinski definition) is 3. The minimum Gasteiger partial charge on any atom is -0.355 e. The summed E-state index contributed by atoms with van der Waals surface area (Å²) in [5.41, 5.74) is 1.08. The molecule has 1 fully saturated rings. The zero-order valence-electron chi connectivity index (χ0n) is 10.9. The summed E-state index contributed by atoms with van der Waals surface area (Å²) in [5, 5.41) is 6.03. The van der Waals surface area contributed by atoms with Crippen LogP contribution in [-0.2, 0) is 21.3 Å². The fraction of sp³-hybridized carbons (Fsp3) is 0.500. The van der Waals surface area contributed by atoms with E-state index in [1.54, 1.807) is 0 Å². The van der Waals surface area contributed by atoms with Crippen molar-refractivity contribution < 1.29 is 9.00 Å². The van der Waals surface area contributed by atoms with E-state index in [1.165, 1.54) is 0 Å². The summed E-state index contributed by atoms with van der Waals surface area (Å²) in [6, 6.07) is 9.78. The van der Waals surface area contributed by atoms with Crippen LogP contribution in [0.4, 0.5) is 0 Å². The van der Waals surface area contributed by atoms with Gasteiger partial charge in [0, 0.05) is 35.4 Å². The zero-order chi connectivity index (χ0) is 13.5. The van der Waals surface area contributed by atoms with E-state index in [0.717, 1.165) is 25.1 Å². The molecule has 1 aromatic rings. The predicted molar refractivity (Wildman–Crippen MR) is 77.1 cm³/mol. The number of benzene rings is 1. The second-order valence-corrected chi connectivity index (χ2v) is 6.33. The Morgan fingerprint density at radius 3 is 2.84 bits per heavy atom. The molecule has 0 bridgehead atoms. The van der Waals surface area contributed by atoms with Crippen molar-refractivity contribution in [1.82, 2.24) is 10.6 Å². The summed E-state index contributed by atoms with van der Waals surface area (Å²) in [5.74, 6) is 1.24. The Balaban J connectivity index is 1.65. The van der Waals surface area contributed by atoms with Crippen LogP contribution in [0.15, 0.2) is 30.3 Å². The molecular formula is C14H20N2O2S. The Labute approximate surface area is 116 Å². The van der Waals surface area contributed by atoms with Crippen molar-refractivity contribution in [3.8, 4) is 0 Å². The molecule has 0 radical (unpaired) electrons. The smallest absolute Gasteiger partial charge is 0.224 e. The lowest BCUT2D eigenvalue weighted by Crippen LogP contribution is -2.34. The summed E-state index contributed by atoms with van der Waals surface area (Å²) in [6.07, 6.45) is 0.902. The maximum Gasteiger partial charge on any atom is 0.224 e. The number of hydrogen-bond donors (Lipinski definition) is 2. The molecule has 2 N–H and O–H groups in total. The van der Waals surface area contributed by atoms with E-state index in [0.29, 0.717) is 18.1 Å². The highest BCUT2D eigenvalue weighted by molar-refractivity contribution is 7.84. The summed E-state index contributed by atoms with van der Waals surface area (Å²) in [6.45, 7) is 2.17. The normalized spacial score (nSPS) is 20.1. The van der Waals surface area contributed by atoms with Gasteiger partial charge in [-0.2, -0.15) is 0 Å². The van der Waals surface area contributed by atoms with Gasteiger partial charge in [-0.15, -0.1) is 0 Å². The molecule has 1 aliphatic rings. The third kappa shape index (κ3) is 4.76. The second-order valence-electron chi connectivity index (χ2n) is 4.75. The lowest BCUT2D eigenvalue weighted by Gasteiger charge is -2.09. The first-order valence-electron chi connectivity index (χ1n) is 6.63. The lowest BCUT2D eigenvalue weighted by molar-refractivity contribution is -0.124. The van der Waals surface area contributed by atoms with E-state index >= 15 is 0 Å². The quantitative estimate of drug-likeness (QED) is 0.805. The third-order valence-corrected chi connectivity index (χ3v) is 4.55. The Morgan fingerprint density at radius 1 is 1.37 bits per heavy atom. The van der Waals surface area contributed by atoms with Crippen molar-refractivity contribution in [2.45, 2.75) is 12.2 Å². The fourth-order valence-corrected chi connectivity index (χ4v) is 3.18. The van der Waals surface area contributed by atoms with Gasteiger partial charge in [-0.3, -0.25) is 9.00 Å². The van der Waals surface area contributed by atoms with Gasteiger partial charge in [-0.1, -0.05) is 30.3 Å². The number of rotatable bonds is 6. The van der Waals surface area contributed by atoms with Crippen molar-refractivity contribution in [2.75, 3.05) is 25.4 Å². The minimum atomic E-state index is -0.919. The van der Waals surface area contributed by atoms with Crippen molar-refractivity contribution in [2.24, 2.45) is 5.92 Å². The molecule has 0 spiro atoms. The van der Waals surface area contributed by atoms with Crippen LogP contribution in [-0.4, -0.2) is 35.5 Å². The maximum absolute atomic E-state index is 11.9. The van der Waals surface area contributed by atoms with Crippen LogP contribution in [0, 0.1) is 5.92 Å². The molecule has 104 valence electrons. The predicted octanol–water partition coefficient (Wildman–Crippen LogP) is 0.661. The molecule has 2 rings (SSSR count). The first-order chi connectivity index (χ1) is 9.25. The molecule has 1 saturated heterocycles. The van der Waals surface area contributed by atoms with Crippen molar-refractivity contribution in [3.63, 3.8) is 0 Å². The van der Waals surface area contributed by atoms with E-state index in [2.05, 4.69) is 10.6 Å². The van der Waals surface area contributed by atoms with Gasteiger partial charge < -0.3 is 10.6 Å². The largest absolute Gasteiger partial charge is 0.355 e. The van der Waals surface area contributed by atoms with Crippen LogP contribution in [0.1, 0.15) is 12.0 Å². The highest BCUT2D eigenvalue weighted by Gasteiger charge is 2.21. The number of amides is 1. The first kappa shape index (κ1) is 14.2. The summed E-state index contributed by atoms with van der Waals surface area (Å²) < 4.78 is 11.9. The average Bonchev–Trinajstić information content (AvgIpc) is 2.93. The van der Waals surface area contributed by atoms with Gasteiger partial charge in [0.2, 0.25) is 5.91 Å². The molecule has 0 aromatic heterocycles. The van der Waals surface area contributed by atoms with Crippen molar-refractivity contribution in [3.05, 3.63) is 35.9 Å². The topological polar surface area (TPSA) is 58.2 Å². The molecule has 1 aliphatic heterocycles. The summed E-state index contributed by atoms with van der Waals surface area (Å²) in [7, 11) is -0.919. The van der Waals surface area contributed by atoms with E-state index in [1.807, 2.05) is 30.3 Å². The second kappa shape index (κ2) is 7.40. The molecule has 5 heteroatoms. The van der Waals surface area contributed by atoms with E-state index in [-0.39, 0.29) is 11.8 Å². The van der Waals surface area contributed by atoms with Crippen LogP contribution < -0.4 is 10.6 Å². The molecule has 0 aliphatic carbocycles. The number of carbonyl (C=O) groups is 1. The van der Waals surface area contributed by atoms with Crippen LogP contribution in [0.3, 0.4) is 0 Å². The van der Waals surface area contributed by atoms with Crippen LogP contribution >= 0.6 is 0 Å². The molecule has 19 heavy (non-hydrogen) atoms. The van der Waals surface area contributed by atoms with Gasteiger partial charge in [0.15, 0.2) is 0 Å². The van der Waals surface area contributed by atoms with Crippen molar-refractivity contribution in [1.29, 1.82) is 0 Å². The van der Waals surface area contributed by atoms with Gasteiger partial charge in [0.25, 0.3) is 0 Å². The Hall–Kier alpha value is -1.20. The molecular weight excluding hydrogens is 260 g/mol. The van der Waals surface area contributed by atoms with E-state index < -0.39 is 10.8 Å². The van der Waals surface area contributed by atoms with Gasteiger partial charge in [-0.25, -0.2) is 0 Å². The van der Waals surface area contributed by atoms with Gasteiger partial charge in [0.05, 0.1) is 5.92 Å². The summed E-state index contributed by atoms with van der Waals surface area (Å²) in [4.78, 5) is 11.7. The Kier molecular flexibility index (Phi) is 5.54. The highest BCUT2D eigenvalue weighted by atomic mass is 32.2. The SMILES string of the molecule is O=C(NCCS(=O)Cc1ccccc1)C1CCNC1. The highest BCUT2D eigenvalue weighted by Crippen LogP contribution is 2.07. The Morgan fingerprint density at radius 2 is 2.16 bits per heavy atom. The van der Waals surface area contributed by atoms with Crippen molar-refractivity contribution >= 4 is 16.7 Å². The Bertz CT molecular complexity index is 430. The molecule has 2 unspecified atom stereocenters. The van der Waals surface area contributed by atoms with Gasteiger partial charge in [-0.05, 0) is 18.5 Å². The lowest BCUT2D eigenvalue weighted by atomic mass is 10.1. The molecule has 0 saturated carbocycles. The average molecular weight is 280 g/mol. The molecule has 1 amide bonds. The third-order valence-electron chi connectivity index (χ3n) is 3.23. The first-order valence-corrected chi connectivity index (χ1v) is 8.12. The summed E-state index contributed by atoms with van der Waals surface area (Å²) >= 11 is 0. The monoisotopic (exact) mass is 280 g/mol. The fourth-order valence-electron chi connectivity index (χ4n) is 2.14. The minimum absolute atomic E-state index is 0.0849. The standard InChI is InChI=1S/C14H20N2O2S/c17-14(13-6-7-15-10-13)16-8-9-19(18)11-12-4-2-1-3-5-12/h1-5,13,15H,6-11H2,(H,16,17). The van der Waals surface area contributed by atoms with E-state index in [4.69, 9.17) is 0 Å². The van der Waals surface area contributed by atoms with Gasteiger partial charge >= 0.3 is 0 Å². The number of nitrogens with one attached hydrogen (secondary N) is 2. The molecule has 2 atom stereocenters. The molecule has 1 aromatic carbocycles. The number of carbonyl (C=O) groups excluding carboxylic acids is 1. The molecule has 1 heterocycles. The van der Waals surface area contributed by atoms with Crippen LogP contribution in [0.25, 0.3) is 0 Å². The molecule has 4 nitrogen and oxygen atoms in total.